The normalized spacial score (nSPS) is 11.6. The summed E-state index contributed by atoms with van der Waals surface area (Å²) in [6.07, 6.45) is 1.48. The highest BCUT2D eigenvalue weighted by molar-refractivity contribution is 6.31. The number of hydrogen-bond donors (Lipinski definition) is 0. The van der Waals surface area contributed by atoms with Crippen LogP contribution in [0.1, 0.15) is 11.3 Å². The summed E-state index contributed by atoms with van der Waals surface area (Å²) in [5, 5.41) is 6.32. The number of nitrogens with zero attached hydrogens (tertiary/aromatic N) is 3. The predicted molar refractivity (Wildman–Crippen MR) is 145 cm³/mol. The first-order valence-corrected chi connectivity index (χ1v) is 11.9. The van der Waals surface area contributed by atoms with Gasteiger partial charge in [-0.15, -0.1) is 0 Å². The fourth-order valence-electron chi connectivity index (χ4n) is 4.15. The molecule has 0 spiro atoms. The van der Waals surface area contributed by atoms with Crippen LogP contribution in [0.15, 0.2) is 97.6 Å². The topological polar surface area (TPSA) is 82.8 Å². The molecule has 0 saturated carbocycles. The van der Waals surface area contributed by atoms with Crippen molar-refractivity contribution < 1.29 is 13.6 Å². The Kier molecular flexibility index (Phi) is 5.62. The van der Waals surface area contributed by atoms with E-state index in [-0.39, 0.29) is 11.4 Å². The second kappa shape index (κ2) is 9.11. The van der Waals surface area contributed by atoms with Crippen LogP contribution in [0.4, 0.5) is 0 Å². The molecule has 0 aliphatic heterocycles. The number of hydrogen-bond acceptors (Lipinski definition) is 6. The molecule has 8 heteroatoms. The Bertz CT molecular complexity index is 1880. The molecule has 0 unspecified atom stereocenters. The van der Waals surface area contributed by atoms with E-state index in [1.54, 1.807) is 37.4 Å². The van der Waals surface area contributed by atoms with E-state index in [4.69, 9.17) is 30.2 Å². The molecule has 0 amide bonds. The van der Waals surface area contributed by atoms with Crippen molar-refractivity contribution in [1.82, 2.24) is 9.66 Å². The zero-order valence-electron chi connectivity index (χ0n) is 19.9. The summed E-state index contributed by atoms with van der Waals surface area (Å²) in [7, 11) is 1.60. The molecule has 3 heterocycles. The molecule has 0 atom stereocenters. The molecule has 3 aromatic carbocycles. The zero-order valence-corrected chi connectivity index (χ0v) is 20.7. The van der Waals surface area contributed by atoms with Gasteiger partial charge in [0.15, 0.2) is 5.76 Å². The summed E-state index contributed by atoms with van der Waals surface area (Å²) in [6.45, 7) is 1.94. The van der Waals surface area contributed by atoms with E-state index in [0.29, 0.717) is 44.5 Å². The molecule has 0 aliphatic rings. The molecule has 0 N–H and O–H groups in total. The molecule has 0 aliphatic carbocycles. The first-order chi connectivity index (χ1) is 18.0. The monoisotopic (exact) mass is 509 g/mol. The van der Waals surface area contributed by atoms with Crippen LogP contribution < -0.4 is 10.3 Å². The van der Waals surface area contributed by atoms with Gasteiger partial charge in [-0.05, 0) is 61.0 Å². The van der Waals surface area contributed by atoms with Crippen molar-refractivity contribution in [2.75, 3.05) is 7.11 Å². The molecule has 0 saturated heterocycles. The molecule has 37 heavy (non-hydrogen) atoms. The second-order valence-corrected chi connectivity index (χ2v) is 8.87. The van der Waals surface area contributed by atoms with Crippen LogP contribution in [0.3, 0.4) is 0 Å². The van der Waals surface area contributed by atoms with E-state index in [9.17, 15) is 4.79 Å². The van der Waals surface area contributed by atoms with Crippen molar-refractivity contribution in [2.45, 2.75) is 6.92 Å². The Morgan fingerprint density at radius 1 is 0.946 bits per heavy atom. The number of fused-ring (bicyclic) bond motifs is 2. The standard InChI is InChI=1S/C29H20ClN3O4/c1-17-10-11-18(14-22(17)30)24-13-12-19(36-24)16-31-33-28(32-23-7-4-3-6-20(23)29(33)34)27-15-21-25(35-2)8-5-9-26(21)37-27/h3-16H,1-2H3. The van der Waals surface area contributed by atoms with E-state index >= 15 is 0 Å². The lowest BCUT2D eigenvalue weighted by Gasteiger charge is -2.06. The van der Waals surface area contributed by atoms with Gasteiger partial charge < -0.3 is 13.6 Å². The lowest BCUT2D eigenvalue weighted by atomic mass is 10.1. The molecule has 0 radical (unpaired) electrons. The number of para-hydroxylation sites is 1. The van der Waals surface area contributed by atoms with Gasteiger partial charge in [-0.3, -0.25) is 4.79 Å². The molecule has 0 fully saturated rings. The van der Waals surface area contributed by atoms with Crippen LogP contribution in [0.5, 0.6) is 5.75 Å². The molecule has 3 aromatic heterocycles. The first-order valence-electron chi connectivity index (χ1n) is 11.5. The van der Waals surface area contributed by atoms with Crippen molar-refractivity contribution in [3.05, 3.63) is 106 Å². The van der Waals surface area contributed by atoms with Crippen molar-refractivity contribution in [1.29, 1.82) is 0 Å². The average molecular weight is 510 g/mol. The third-order valence-electron chi connectivity index (χ3n) is 6.10. The fourth-order valence-corrected chi connectivity index (χ4v) is 4.33. The number of ether oxygens (including phenoxy) is 1. The van der Waals surface area contributed by atoms with Crippen LogP contribution in [-0.2, 0) is 0 Å². The van der Waals surface area contributed by atoms with E-state index in [1.165, 1.54) is 10.9 Å². The second-order valence-electron chi connectivity index (χ2n) is 8.46. The molecule has 6 rings (SSSR count). The van der Waals surface area contributed by atoms with E-state index in [1.807, 2.05) is 55.5 Å². The van der Waals surface area contributed by atoms with E-state index in [2.05, 4.69) is 5.10 Å². The van der Waals surface area contributed by atoms with Crippen molar-refractivity contribution in [2.24, 2.45) is 5.10 Å². The number of methoxy groups -OCH3 is 1. The van der Waals surface area contributed by atoms with Crippen molar-refractivity contribution in [3.63, 3.8) is 0 Å². The molecular weight excluding hydrogens is 490 g/mol. The van der Waals surface area contributed by atoms with Gasteiger partial charge in [0.25, 0.3) is 5.56 Å². The maximum Gasteiger partial charge on any atom is 0.282 e. The van der Waals surface area contributed by atoms with E-state index in [0.717, 1.165) is 16.5 Å². The summed E-state index contributed by atoms with van der Waals surface area (Å²) >= 11 is 6.27. The van der Waals surface area contributed by atoms with E-state index < -0.39 is 0 Å². The van der Waals surface area contributed by atoms with Gasteiger partial charge in [0.1, 0.15) is 22.9 Å². The first kappa shape index (κ1) is 22.8. The number of benzene rings is 3. The van der Waals surface area contributed by atoms with Gasteiger partial charge in [-0.2, -0.15) is 9.78 Å². The highest BCUT2D eigenvalue weighted by Gasteiger charge is 2.18. The molecule has 182 valence electrons. The van der Waals surface area contributed by atoms with Crippen LogP contribution in [0, 0.1) is 6.92 Å². The number of aromatic nitrogens is 2. The van der Waals surface area contributed by atoms with Gasteiger partial charge in [-0.25, -0.2) is 4.98 Å². The Morgan fingerprint density at radius 2 is 1.81 bits per heavy atom. The Balaban J connectivity index is 1.47. The van der Waals surface area contributed by atoms with Crippen LogP contribution in [0.25, 0.3) is 44.8 Å². The number of rotatable bonds is 5. The minimum atomic E-state index is -0.332. The molecule has 0 bridgehead atoms. The maximum atomic E-state index is 13.5. The van der Waals surface area contributed by atoms with Crippen LogP contribution in [0.2, 0.25) is 5.02 Å². The Hall–Kier alpha value is -4.62. The predicted octanol–water partition coefficient (Wildman–Crippen LogP) is 6.92. The SMILES string of the molecule is COc1cccc2oc(-c3nc4ccccc4c(=O)n3N=Cc3ccc(-c4ccc(C)c(Cl)c4)o3)cc12. The number of aryl methyl sites for hydroxylation is 1. The fraction of sp³-hybridized carbons (Fsp3) is 0.0690. The molecule has 7 nitrogen and oxygen atoms in total. The summed E-state index contributed by atoms with van der Waals surface area (Å²) in [4.78, 5) is 18.2. The number of furan rings is 2. The average Bonchev–Trinajstić information content (AvgIpc) is 3.57. The van der Waals surface area contributed by atoms with Crippen molar-refractivity contribution in [3.8, 4) is 28.7 Å². The largest absolute Gasteiger partial charge is 0.496 e. The third kappa shape index (κ3) is 4.09. The summed E-state index contributed by atoms with van der Waals surface area (Å²) in [5.74, 6) is 2.40. The Labute approximate surface area is 216 Å². The van der Waals surface area contributed by atoms with Gasteiger partial charge in [-0.1, -0.05) is 41.9 Å². The molecule has 6 aromatic rings. The van der Waals surface area contributed by atoms with Gasteiger partial charge in [0.2, 0.25) is 5.82 Å². The highest BCUT2D eigenvalue weighted by atomic mass is 35.5. The smallest absolute Gasteiger partial charge is 0.282 e. The quantitative estimate of drug-likeness (QED) is 0.235. The number of halogens is 1. The van der Waals surface area contributed by atoms with Crippen molar-refractivity contribution >= 4 is 39.7 Å². The summed E-state index contributed by atoms with van der Waals surface area (Å²) in [6, 6.07) is 23.7. The van der Waals surface area contributed by atoms with Gasteiger partial charge in [0, 0.05) is 10.6 Å². The minimum absolute atomic E-state index is 0.260. The van der Waals surface area contributed by atoms with Crippen LogP contribution in [-0.4, -0.2) is 23.0 Å². The zero-order chi connectivity index (χ0) is 25.5. The lowest BCUT2D eigenvalue weighted by molar-refractivity contribution is 0.419. The maximum absolute atomic E-state index is 13.5. The Morgan fingerprint density at radius 3 is 2.65 bits per heavy atom. The van der Waals surface area contributed by atoms with Gasteiger partial charge >= 0.3 is 0 Å². The van der Waals surface area contributed by atoms with Crippen LogP contribution >= 0.6 is 11.6 Å². The summed E-state index contributed by atoms with van der Waals surface area (Å²) in [5.41, 5.74) is 2.65. The molecular formula is C29H20ClN3O4. The van der Waals surface area contributed by atoms with Gasteiger partial charge in [0.05, 0.1) is 29.6 Å². The lowest BCUT2D eigenvalue weighted by Crippen LogP contribution is -2.20. The minimum Gasteiger partial charge on any atom is -0.496 e. The third-order valence-corrected chi connectivity index (χ3v) is 6.51. The highest BCUT2D eigenvalue weighted by Crippen LogP contribution is 2.33. The summed E-state index contributed by atoms with van der Waals surface area (Å²) < 4.78 is 18.7.